The van der Waals surface area contributed by atoms with Crippen LogP contribution < -0.4 is 4.90 Å². The molecule has 1 heterocycles. The smallest absolute Gasteiger partial charge is 0.277 e. The Morgan fingerprint density at radius 1 is 1.17 bits per heavy atom. The maximum atomic E-state index is 12.6. The summed E-state index contributed by atoms with van der Waals surface area (Å²) in [6, 6.07) is 13.9. The van der Waals surface area contributed by atoms with Crippen LogP contribution in [0.2, 0.25) is 5.02 Å². The molecule has 1 aliphatic rings. The van der Waals surface area contributed by atoms with Crippen LogP contribution in [-0.2, 0) is 4.79 Å². The van der Waals surface area contributed by atoms with Gasteiger partial charge in [0.05, 0.1) is 5.69 Å². The fourth-order valence-corrected chi connectivity index (χ4v) is 2.76. The van der Waals surface area contributed by atoms with E-state index in [9.17, 15) is 9.59 Å². The maximum Gasteiger partial charge on any atom is 0.277 e. The van der Waals surface area contributed by atoms with Crippen LogP contribution in [0.1, 0.15) is 29.3 Å². The molecule has 0 atom stereocenters. The number of carbonyl (C=O) groups is 2. The molecule has 0 spiro atoms. The van der Waals surface area contributed by atoms with Crippen molar-refractivity contribution in [2.45, 2.75) is 13.3 Å². The van der Waals surface area contributed by atoms with Crippen molar-refractivity contribution in [2.24, 2.45) is 4.99 Å². The Balaban J connectivity index is 2.06. The van der Waals surface area contributed by atoms with Gasteiger partial charge in [-0.05, 0) is 36.8 Å². The van der Waals surface area contributed by atoms with Crippen molar-refractivity contribution < 1.29 is 9.59 Å². The van der Waals surface area contributed by atoms with E-state index >= 15 is 0 Å². The van der Waals surface area contributed by atoms with Gasteiger partial charge in [0.25, 0.3) is 11.8 Å². The van der Waals surface area contributed by atoms with Crippen LogP contribution in [0.3, 0.4) is 0 Å². The molecule has 0 aliphatic carbocycles. The van der Waals surface area contributed by atoms with Crippen molar-refractivity contribution in [1.29, 1.82) is 0 Å². The van der Waals surface area contributed by atoms with E-state index in [1.54, 1.807) is 47.4 Å². The van der Waals surface area contributed by atoms with Gasteiger partial charge in [-0.15, -0.1) is 0 Å². The molecule has 0 bridgehead atoms. The van der Waals surface area contributed by atoms with Crippen LogP contribution in [0.4, 0.5) is 5.69 Å². The monoisotopic (exact) mass is 326 g/mol. The van der Waals surface area contributed by atoms with Crippen molar-refractivity contribution in [2.75, 3.05) is 11.4 Å². The second-order valence-electron chi connectivity index (χ2n) is 5.25. The summed E-state index contributed by atoms with van der Waals surface area (Å²) in [5, 5.41) is 0.509. The van der Waals surface area contributed by atoms with E-state index in [0.717, 1.165) is 12.1 Å². The van der Waals surface area contributed by atoms with Gasteiger partial charge in [-0.25, -0.2) is 4.99 Å². The van der Waals surface area contributed by atoms with Gasteiger partial charge in [-0.1, -0.05) is 36.7 Å². The molecular formula is C18H15ClN2O2. The largest absolute Gasteiger partial charge is 0.306 e. The van der Waals surface area contributed by atoms with Crippen molar-refractivity contribution >= 4 is 34.8 Å². The molecule has 2 aromatic rings. The van der Waals surface area contributed by atoms with Gasteiger partial charge in [-0.3, -0.25) is 9.59 Å². The van der Waals surface area contributed by atoms with Crippen molar-refractivity contribution in [3.05, 3.63) is 64.7 Å². The lowest BCUT2D eigenvalue weighted by Gasteiger charge is -2.15. The van der Waals surface area contributed by atoms with Crippen LogP contribution >= 0.6 is 11.6 Å². The molecule has 116 valence electrons. The van der Waals surface area contributed by atoms with Gasteiger partial charge in [0.2, 0.25) is 0 Å². The molecule has 23 heavy (non-hydrogen) atoms. The normalized spacial score (nSPS) is 15.1. The van der Waals surface area contributed by atoms with Crippen LogP contribution in [0, 0.1) is 0 Å². The molecule has 0 fully saturated rings. The van der Waals surface area contributed by atoms with Gasteiger partial charge < -0.3 is 4.90 Å². The minimum absolute atomic E-state index is 0.157. The van der Waals surface area contributed by atoms with Crippen LogP contribution in [0.25, 0.3) is 0 Å². The maximum absolute atomic E-state index is 12.6. The summed E-state index contributed by atoms with van der Waals surface area (Å²) < 4.78 is 0. The molecule has 0 saturated carbocycles. The summed E-state index contributed by atoms with van der Waals surface area (Å²) >= 11 is 6.04. The average Bonchev–Trinajstić information content (AvgIpc) is 2.81. The van der Waals surface area contributed by atoms with Gasteiger partial charge in [0, 0.05) is 22.7 Å². The first-order valence-corrected chi connectivity index (χ1v) is 7.79. The number of aliphatic imine (C=N–C) groups is 1. The molecule has 0 unspecified atom stereocenters. The summed E-state index contributed by atoms with van der Waals surface area (Å²) in [5.74, 6) is -0.688. The fourth-order valence-electron chi connectivity index (χ4n) is 2.59. The molecule has 4 nitrogen and oxygen atoms in total. The second-order valence-corrected chi connectivity index (χ2v) is 5.69. The lowest BCUT2D eigenvalue weighted by Crippen LogP contribution is -2.31. The lowest BCUT2D eigenvalue weighted by atomic mass is 10.1. The number of anilines is 1. The molecule has 0 radical (unpaired) electrons. The van der Waals surface area contributed by atoms with Crippen LogP contribution in [0.15, 0.2) is 53.5 Å². The third kappa shape index (κ3) is 2.90. The molecule has 3 rings (SSSR count). The Morgan fingerprint density at radius 2 is 1.91 bits per heavy atom. The number of fused-ring (bicyclic) bond motifs is 1. The minimum Gasteiger partial charge on any atom is -0.306 e. The SMILES string of the molecule is CCCN1C(=O)/C(=N/C(=O)c2ccccc2)c2cc(Cl)ccc21. The zero-order valence-corrected chi connectivity index (χ0v) is 13.4. The topological polar surface area (TPSA) is 49.7 Å². The summed E-state index contributed by atoms with van der Waals surface area (Å²) in [5.41, 5.74) is 1.97. The van der Waals surface area contributed by atoms with E-state index in [-0.39, 0.29) is 11.6 Å². The highest BCUT2D eigenvalue weighted by atomic mass is 35.5. The zero-order chi connectivity index (χ0) is 16.4. The van der Waals surface area contributed by atoms with E-state index in [0.29, 0.717) is 22.7 Å². The molecule has 0 aromatic heterocycles. The Hall–Kier alpha value is -2.46. The van der Waals surface area contributed by atoms with Crippen LogP contribution in [0.5, 0.6) is 0 Å². The summed E-state index contributed by atoms with van der Waals surface area (Å²) in [6.45, 7) is 2.57. The first kappa shape index (κ1) is 15.4. The highest BCUT2D eigenvalue weighted by molar-refractivity contribution is 6.55. The van der Waals surface area contributed by atoms with Gasteiger partial charge in [-0.2, -0.15) is 0 Å². The fraction of sp³-hybridized carbons (Fsp3) is 0.167. The first-order chi connectivity index (χ1) is 11.1. The second kappa shape index (κ2) is 6.34. The standard InChI is InChI=1S/C18H15ClN2O2/c1-2-10-21-15-9-8-13(19)11-14(15)16(18(21)23)20-17(22)12-6-4-3-5-7-12/h3-9,11H,2,10H2,1H3/b20-16+. The Kier molecular flexibility index (Phi) is 4.26. The van der Waals surface area contributed by atoms with Crippen molar-refractivity contribution in [3.63, 3.8) is 0 Å². The molecular weight excluding hydrogens is 312 g/mol. The highest BCUT2D eigenvalue weighted by Gasteiger charge is 2.34. The summed E-state index contributed by atoms with van der Waals surface area (Å²) in [4.78, 5) is 30.7. The molecule has 1 aliphatic heterocycles. The summed E-state index contributed by atoms with van der Waals surface area (Å²) in [7, 11) is 0. The van der Waals surface area contributed by atoms with E-state index in [1.165, 1.54) is 0 Å². The van der Waals surface area contributed by atoms with Crippen molar-refractivity contribution in [3.8, 4) is 0 Å². The predicted octanol–water partition coefficient (Wildman–Crippen LogP) is 3.73. The number of amides is 2. The van der Waals surface area contributed by atoms with Gasteiger partial charge in [0.15, 0.2) is 0 Å². The summed E-state index contributed by atoms with van der Waals surface area (Å²) in [6.07, 6.45) is 0.813. The molecule has 2 aromatic carbocycles. The Bertz CT molecular complexity index is 800. The first-order valence-electron chi connectivity index (χ1n) is 7.41. The van der Waals surface area contributed by atoms with E-state index in [1.807, 2.05) is 13.0 Å². The minimum atomic E-state index is -0.432. The van der Waals surface area contributed by atoms with Gasteiger partial charge in [0.1, 0.15) is 5.71 Å². The number of nitrogens with zero attached hydrogens (tertiary/aromatic N) is 2. The number of carbonyl (C=O) groups excluding carboxylic acids is 2. The van der Waals surface area contributed by atoms with E-state index < -0.39 is 5.91 Å². The number of benzene rings is 2. The molecule has 5 heteroatoms. The van der Waals surface area contributed by atoms with Gasteiger partial charge >= 0.3 is 0 Å². The predicted molar refractivity (Wildman–Crippen MR) is 91.4 cm³/mol. The third-order valence-corrected chi connectivity index (χ3v) is 3.87. The van der Waals surface area contributed by atoms with E-state index in [2.05, 4.69) is 4.99 Å². The number of hydrogen-bond donors (Lipinski definition) is 0. The van der Waals surface area contributed by atoms with E-state index in [4.69, 9.17) is 11.6 Å². The lowest BCUT2D eigenvalue weighted by molar-refractivity contribution is -0.112. The van der Waals surface area contributed by atoms with Crippen molar-refractivity contribution in [1.82, 2.24) is 0 Å². The quantitative estimate of drug-likeness (QED) is 0.863. The van der Waals surface area contributed by atoms with Crippen LogP contribution in [-0.4, -0.2) is 24.1 Å². The average molecular weight is 327 g/mol. The highest BCUT2D eigenvalue weighted by Crippen LogP contribution is 2.32. The Labute approximate surface area is 139 Å². The number of rotatable bonds is 3. The Morgan fingerprint density at radius 3 is 2.61 bits per heavy atom. The molecule has 0 N–H and O–H groups in total. The number of halogens is 1. The molecule has 0 saturated heterocycles. The zero-order valence-electron chi connectivity index (χ0n) is 12.6. The molecule has 2 amide bonds. The third-order valence-electron chi connectivity index (χ3n) is 3.63. The number of hydrogen-bond acceptors (Lipinski definition) is 2.